The lowest BCUT2D eigenvalue weighted by atomic mass is 9.65. The third-order valence-electron chi connectivity index (χ3n) is 6.60. The number of likely N-dealkylation sites (tertiary alicyclic amines) is 1. The van der Waals surface area contributed by atoms with Crippen molar-refractivity contribution in [2.75, 3.05) is 13.2 Å². The van der Waals surface area contributed by atoms with Gasteiger partial charge in [-0.15, -0.1) is 0 Å². The molecule has 2 aliphatic rings. The number of hydrogen-bond acceptors (Lipinski definition) is 3. The summed E-state index contributed by atoms with van der Waals surface area (Å²) in [5.41, 5.74) is 4.73. The molecule has 1 saturated heterocycles. The smallest absolute Gasteiger partial charge is 0.254 e. The molecule has 0 radical (unpaired) electrons. The Labute approximate surface area is 178 Å². The van der Waals surface area contributed by atoms with Crippen molar-refractivity contribution in [3.63, 3.8) is 0 Å². The highest BCUT2D eigenvalue weighted by molar-refractivity contribution is 5.98. The topological polar surface area (TPSA) is 63.6 Å². The number of nitrogens with one attached hydrogen (secondary N) is 1. The molecule has 2 amide bonds. The molecule has 30 heavy (non-hydrogen) atoms. The Bertz CT molecular complexity index is 964. The number of nitrogens with zero attached hydrogens (tertiary/aromatic N) is 2. The summed E-state index contributed by atoms with van der Waals surface area (Å²) in [6.07, 6.45) is 5.69. The van der Waals surface area contributed by atoms with Crippen LogP contribution < -0.4 is 5.48 Å². The minimum absolute atomic E-state index is 0.137. The molecule has 2 heterocycles. The standard InChI is InChI=1S/C24H33N3O3/c1-5-30-25-21(28)9-11-26-10-8-17-12-18(6-7-20(17)26)22(29)27-16-24(4)14-19(27)13-23(2,3)15-24/h6-8,10,12,19H,5,9,11,13-16H2,1-4H3,(H,25,28). The first-order valence-corrected chi connectivity index (χ1v) is 11.0. The number of amides is 2. The lowest BCUT2D eigenvalue weighted by Gasteiger charge is -2.39. The van der Waals surface area contributed by atoms with Crippen molar-refractivity contribution in [2.24, 2.45) is 10.8 Å². The van der Waals surface area contributed by atoms with Crippen LogP contribution in [0.5, 0.6) is 0 Å². The van der Waals surface area contributed by atoms with E-state index in [0.717, 1.165) is 35.9 Å². The Balaban J connectivity index is 1.48. The number of carbonyl (C=O) groups is 2. The first-order valence-electron chi connectivity index (χ1n) is 11.0. The second-order valence-corrected chi connectivity index (χ2v) is 10.1. The molecule has 1 aliphatic carbocycles. The van der Waals surface area contributed by atoms with Crippen LogP contribution in [0, 0.1) is 10.8 Å². The maximum absolute atomic E-state index is 13.4. The van der Waals surface area contributed by atoms with E-state index in [-0.39, 0.29) is 17.2 Å². The number of carbonyl (C=O) groups excluding carboxylic acids is 2. The van der Waals surface area contributed by atoms with Gasteiger partial charge in [0.2, 0.25) is 5.91 Å². The summed E-state index contributed by atoms with van der Waals surface area (Å²) in [7, 11) is 0. The van der Waals surface area contributed by atoms with Gasteiger partial charge in [-0.3, -0.25) is 14.4 Å². The molecule has 0 spiro atoms. The summed E-state index contributed by atoms with van der Waals surface area (Å²) in [6.45, 7) is 10.7. The number of hydroxylamine groups is 1. The summed E-state index contributed by atoms with van der Waals surface area (Å²) in [5, 5.41) is 1.03. The SMILES string of the molecule is CCONC(=O)CCn1ccc2cc(C(=O)N3CC4(C)CC3CC(C)(C)C4)ccc21. The van der Waals surface area contributed by atoms with Crippen LogP contribution in [0.25, 0.3) is 10.9 Å². The Hall–Kier alpha value is -2.34. The predicted octanol–water partition coefficient (Wildman–Crippen LogP) is 4.14. The van der Waals surface area contributed by atoms with E-state index < -0.39 is 0 Å². The van der Waals surface area contributed by atoms with Crippen molar-refractivity contribution in [2.45, 2.75) is 66.0 Å². The van der Waals surface area contributed by atoms with Crippen LogP contribution in [0.1, 0.15) is 63.7 Å². The lowest BCUT2D eigenvalue weighted by Crippen LogP contribution is -2.37. The van der Waals surface area contributed by atoms with Gasteiger partial charge in [0.1, 0.15) is 0 Å². The van der Waals surface area contributed by atoms with Crippen LogP contribution in [0.4, 0.5) is 0 Å². The van der Waals surface area contributed by atoms with E-state index in [4.69, 9.17) is 4.84 Å². The number of aryl methyl sites for hydroxylation is 1. The maximum atomic E-state index is 13.4. The van der Waals surface area contributed by atoms with Gasteiger partial charge in [-0.25, -0.2) is 5.48 Å². The van der Waals surface area contributed by atoms with Crippen LogP contribution in [-0.4, -0.2) is 40.5 Å². The van der Waals surface area contributed by atoms with Crippen molar-refractivity contribution < 1.29 is 14.4 Å². The number of aromatic nitrogens is 1. The number of fused-ring (bicyclic) bond motifs is 3. The third-order valence-corrected chi connectivity index (χ3v) is 6.60. The summed E-state index contributed by atoms with van der Waals surface area (Å²) in [5.74, 6) is 0.00855. The van der Waals surface area contributed by atoms with Gasteiger partial charge in [-0.1, -0.05) is 20.8 Å². The van der Waals surface area contributed by atoms with Gasteiger partial charge in [0.05, 0.1) is 6.61 Å². The van der Waals surface area contributed by atoms with Crippen molar-refractivity contribution in [3.05, 3.63) is 36.0 Å². The Kier molecular flexibility index (Phi) is 5.39. The number of hydrogen-bond donors (Lipinski definition) is 1. The molecule has 1 aromatic heterocycles. The molecule has 2 unspecified atom stereocenters. The van der Waals surface area contributed by atoms with E-state index in [0.29, 0.717) is 31.0 Å². The first-order chi connectivity index (χ1) is 14.2. The molecule has 4 rings (SSSR count). The van der Waals surface area contributed by atoms with Crippen LogP contribution in [-0.2, 0) is 16.2 Å². The fourth-order valence-corrected chi connectivity index (χ4v) is 5.82. The molecule has 1 saturated carbocycles. The number of rotatable bonds is 6. The summed E-state index contributed by atoms with van der Waals surface area (Å²) < 4.78 is 2.04. The average Bonchev–Trinajstić information content (AvgIpc) is 3.20. The minimum Gasteiger partial charge on any atom is -0.347 e. The van der Waals surface area contributed by atoms with E-state index >= 15 is 0 Å². The Morgan fingerprint density at radius 1 is 1.20 bits per heavy atom. The van der Waals surface area contributed by atoms with Gasteiger partial charge in [0, 0.05) is 48.2 Å². The monoisotopic (exact) mass is 411 g/mol. The largest absolute Gasteiger partial charge is 0.347 e. The quantitative estimate of drug-likeness (QED) is 0.727. The Morgan fingerprint density at radius 3 is 2.77 bits per heavy atom. The van der Waals surface area contributed by atoms with Gasteiger partial charge in [0.15, 0.2) is 0 Å². The van der Waals surface area contributed by atoms with E-state index in [1.54, 1.807) is 0 Å². The van der Waals surface area contributed by atoms with Crippen LogP contribution in [0.3, 0.4) is 0 Å². The second kappa shape index (κ2) is 7.73. The van der Waals surface area contributed by atoms with Crippen molar-refractivity contribution in [1.29, 1.82) is 0 Å². The molecular formula is C24H33N3O3. The fraction of sp³-hybridized carbons (Fsp3) is 0.583. The van der Waals surface area contributed by atoms with Crippen molar-refractivity contribution in [1.82, 2.24) is 14.9 Å². The molecule has 1 aliphatic heterocycles. The molecule has 2 fully saturated rings. The van der Waals surface area contributed by atoms with Crippen LogP contribution in [0.2, 0.25) is 0 Å². The normalized spacial score (nSPS) is 24.9. The van der Waals surface area contributed by atoms with Crippen LogP contribution >= 0.6 is 0 Å². The molecule has 6 nitrogen and oxygen atoms in total. The highest BCUT2D eigenvalue weighted by atomic mass is 16.6. The van der Waals surface area contributed by atoms with Crippen LogP contribution in [0.15, 0.2) is 30.5 Å². The van der Waals surface area contributed by atoms with Gasteiger partial charge < -0.3 is 9.47 Å². The fourth-order valence-electron chi connectivity index (χ4n) is 5.82. The highest BCUT2D eigenvalue weighted by Crippen LogP contribution is 2.52. The zero-order chi connectivity index (χ0) is 21.5. The molecule has 6 heteroatoms. The third kappa shape index (κ3) is 4.10. The predicted molar refractivity (Wildman–Crippen MR) is 117 cm³/mol. The van der Waals surface area contributed by atoms with Gasteiger partial charge >= 0.3 is 0 Å². The minimum atomic E-state index is -0.137. The molecular weight excluding hydrogens is 378 g/mol. The molecule has 2 aromatic rings. The highest BCUT2D eigenvalue weighted by Gasteiger charge is 2.51. The van der Waals surface area contributed by atoms with E-state index in [9.17, 15) is 9.59 Å². The maximum Gasteiger partial charge on any atom is 0.254 e. The van der Waals surface area contributed by atoms with E-state index in [1.807, 2.05) is 42.0 Å². The zero-order valence-corrected chi connectivity index (χ0v) is 18.5. The lowest BCUT2D eigenvalue weighted by molar-refractivity contribution is -0.133. The van der Waals surface area contributed by atoms with Crippen molar-refractivity contribution >= 4 is 22.7 Å². The van der Waals surface area contributed by atoms with Gasteiger partial charge in [-0.2, -0.15) is 0 Å². The molecule has 162 valence electrons. The Morgan fingerprint density at radius 2 is 2.00 bits per heavy atom. The summed E-state index contributed by atoms with van der Waals surface area (Å²) >= 11 is 0. The summed E-state index contributed by atoms with van der Waals surface area (Å²) in [6, 6.07) is 8.27. The first kappa shape index (κ1) is 20.9. The average molecular weight is 412 g/mol. The number of benzene rings is 1. The molecule has 2 atom stereocenters. The summed E-state index contributed by atoms with van der Waals surface area (Å²) in [4.78, 5) is 32.2. The van der Waals surface area contributed by atoms with Crippen molar-refractivity contribution in [3.8, 4) is 0 Å². The van der Waals surface area contributed by atoms with E-state index in [2.05, 4.69) is 31.2 Å². The molecule has 1 aromatic carbocycles. The van der Waals surface area contributed by atoms with E-state index in [1.165, 1.54) is 6.42 Å². The van der Waals surface area contributed by atoms with Gasteiger partial charge in [0.25, 0.3) is 5.91 Å². The van der Waals surface area contributed by atoms with Gasteiger partial charge in [-0.05, 0) is 61.3 Å². The molecule has 2 bridgehead atoms. The zero-order valence-electron chi connectivity index (χ0n) is 18.5. The second-order valence-electron chi connectivity index (χ2n) is 10.1. The molecule has 1 N–H and O–H groups in total.